The quantitative estimate of drug-likeness (QED) is 0.0438. The Kier molecular flexibility index (Phi) is 26.2. The Balaban J connectivity index is 1.19. The second-order valence-electron chi connectivity index (χ2n) is 22.5. The Labute approximate surface area is 476 Å². The van der Waals surface area contributed by atoms with Gasteiger partial charge in [-0.25, -0.2) is 9.59 Å². The summed E-state index contributed by atoms with van der Waals surface area (Å²) in [5.74, 6) is -6.07. The molecule has 0 spiro atoms. The van der Waals surface area contributed by atoms with Crippen LogP contribution >= 0.6 is 0 Å². The highest BCUT2D eigenvalue weighted by Crippen LogP contribution is 2.30. The lowest BCUT2D eigenvalue weighted by Gasteiger charge is -2.40. The predicted octanol–water partition coefficient (Wildman–Crippen LogP) is 6.98. The summed E-state index contributed by atoms with van der Waals surface area (Å²) in [7, 11) is 4.79. The number of nitrogens with zero attached hydrogens (tertiary/aromatic N) is 5. The van der Waals surface area contributed by atoms with E-state index in [1.165, 1.54) is 11.9 Å². The molecule has 22 heteroatoms. The van der Waals surface area contributed by atoms with Gasteiger partial charge in [0.05, 0.1) is 37.3 Å². The highest BCUT2D eigenvalue weighted by molar-refractivity contribution is 6.10. The first kappa shape index (κ1) is 66.6. The summed E-state index contributed by atoms with van der Waals surface area (Å²) in [6.07, 6.45) is 1.78. The zero-order valence-corrected chi connectivity index (χ0v) is 49.4. The molecule has 2 unspecified atom stereocenters. The Morgan fingerprint density at radius 2 is 1.43 bits per heavy atom. The molecule has 2 aliphatic rings. The van der Waals surface area contributed by atoms with E-state index in [0.717, 1.165) is 19.3 Å². The molecule has 0 radical (unpaired) electrons. The summed E-state index contributed by atoms with van der Waals surface area (Å²) in [5, 5.41) is 14.2. The van der Waals surface area contributed by atoms with Crippen molar-refractivity contribution in [2.45, 2.75) is 163 Å². The molecule has 0 bridgehead atoms. The highest BCUT2D eigenvalue weighted by Gasteiger charge is 2.41. The Bertz CT molecular complexity index is 2520. The van der Waals surface area contributed by atoms with E-state index in [0.29, 0.717) is 35.5 Å². The second kappa shape index (κ2) is 31.9. The standard InChI is InChI=1S/C59H87N9O13/c1-13-37(8)52(48(79-12)32-49(71)68-28-15-16-38(68)9)66(10)57(76)45(35(4)5)31-47(70)51(36(6)7)67(11)59(78)81-33-39-18-22-41(23-19-39)62-54(73)46(60)17-14-27-61-58(77)63-53(72)44(34(2)3)30-42(69)26-29-80-43-24-20-40(21-25-43)50-55(74)64-65-56(50)75/h18-25,34-38,44-46,48,50-52H,13-17,26-33,60H2,1-12H3,(H,62,73)(H2,61,63,72,77)/t37-,38+,44-,45-,46?,48?,51-,52-/m0/s1. The van der Waals surface area contributed by atoms with E-state index >= 15 is 0 Å². The van der Waals surface area contributed by atoms with Gasteiger partial charge in [0.2, 0.25) is 23.6 Å². The van der Waals surface area contributed by atoms with Crippen molar-refractivity contribution in [3.8, 4) is 5.75 Å². The molecular weight excluding hydrogens is 1040 g/mol. The lowest BCUT2D eigenvalue weighted by atomic mass is 9.83. The van der Waals surface area contributed by atoms with Crippen molar-refractivity contribution in [2.24, 2.45) is 51.5 Å². The zero-order chi connectivity index (χ0) is 60.2. The summed E-state index contributed by atoms with van der Waals surface area (Å²) < 4.78 is 17.2. The van der Waals surface area contributed by atoms with E-state index in [9.17, 15) is 47.9 Å². The Morgan fingerprint density at radius 1 is 0.802 bits per heavy atom. The van der Waals surface area contributed by atoms with Gasteiger partial charge in [-0.3, -0.25) is 43.7 Å². The molecule has 0 aromatic heterocycles. The molecule has 9 amide bonds. The molecule has 1 saturated heterocycles. The zero-order valence-electron chi connectivity index (χ0n) is 49.4. The maximum Gasteiger partial charge on any atom is 0.410 e. The van der Waals surface area contributed by atoms with E-state index < -0.39 is 77.7 Å². The third kappa shape index (κ3) is 19.4. The fraction of sp³-hybridized carbons (Fsp3) is 0.627. The van der Waals surface area contributed by atoms with Gasteiger partial charge >= 0.3 is 12.1 Å². The van der Waals surface area contributed by atoms with E-state index in [1.54, 1.807) is 81.4 Å². The third-order valence-electron chi connectivity index (χ3n) is 15.5. The normalized spacial score (nSPS) is 17.0. The monoisotopic (exact) mass is 1130 g/mol. The number of rotatable bonds is 31. The average molecular weight is 1130 g/mol. The minimum atomic E-state index is -1.07. The van der Waals surface area contributed by atoms with Gasteiger partial charge in [-0.2, -0.15) is 0 Å². The molecule has 2 aliphatic heterocycles. The van der Waals surface area contributed by atoms with Crippen molar-refractivity contribution in [1.29, 1.82) is 0 Å². The smallest absolute Gasteiger partial charge is 0.410 e. The molecular formula is C59H87N9O13. The van der Waals surface area contributed by atoms with Crippen molar-refractivity contribution >= 4 is 64.8 Å². The Morgan fingerprint density at radius 3 is 1.99 bits per heavy atom. The fourth-order valence-electron chi connectivity index (χ4n) is 10.4. The van der Waals surface area contributed by atoms with E-state index in [1.807, 2.05) is 53.4 Å². The molecule has 1 fully saturated rings. The number of ether oxygens (including phenoxy) is 3. The van der Waals surface area contributed by atoms with Crippen molar-refractivity contribution in [1.82, 2.24) is 25.3 Å². The molecule has 4 rings (SSSR count). The summed E-state index contributed by atoms with van der Waals surface area (Å²) in [4.78, 5) is 135. The van der Waals surface area contributed by atoms with Crippen LogP contribution in [0.15, 0.2) is 58.8 Å². The average Bonchev–Trinajstić information content (AvgIpc) is 4.02. The fourth-order valence-corrected chi connectivity index (χ4v) is 10.4. The minimum absolute atomic E-state index is 0.00203. The van der Waals surface area contributed by atoms with Crippen molar-refractivity contribution < 1.29 is 62.2 Å². The molecule has 5 N–H and O–H groups in total. The maximum absolute atomic E-state index is 14.4. The predicted molar refractivity (Wildman–Crippen MR) is 302 cm³/mol. The highest BCUT2D eigenvalue weighted by atomic mass is 16.6. The van der Waals surface area contributed by atoms with E-state index in [-0.39, 0.29) is 105 Å². The summed E-state index contributed by atoms with van der Waals surface area (Å²) in [6, 6.07) is 9.97. The van der Waals surface area contributed by atoms with Crippen LogP contribution < -0.4 is 26.4 Å². The number of methoxy groups -OCH3 is 1. The SMILES string of the molecule is CC[C@H](C)[C@@H](C(CC(=O)N1CCC[C@H]1C)OC)N(C)C(=O)[C@@H](CC(=O)[C@H](C(C)C)N(C)C(=O)OCc1ccc(NC(=O)C(N)CCCNC(=O)NC(=O)[C@@H](CC(=O)CCOc2ccc(C3C(=O)N=NC3=O)cc2)C(C)C)cc1)C(C)C. The first-order valence-corrected chi connectivity index (χ1v) is 28.3. The molecule has 2 aromatic carbocycles. The number of nitrogens with one attached hydrogen (secondary N) is 3. The number of imide groups is 1. The number of benzene rings is 2. The topological polar surface area (TPSA) is 295 Å². The van der Waals surface area contributed by atoms with Crippen molar-refractivity contribution in [3.63, 3.8) is 0 Å². The van der Waals surface area contributed by atoms with E-state index in [2.05, 4.69) is 26.2 Å². The summed E-state index contributed by atoms with van der Waals surface area (Å²) in [6.45, 7) is 17.8. The number of anilines is 1. The van der Waals surface area contributed by atoms with Gasteiger partial charge in [-0.15, -0.1) is 10.2 Å². The second-order valence-corrected chi connectivity index (χ2v) is 22.5. The number of hydrogen-bond donors (Lipinski definition) is 4. The van der Waals surface area contributed by atoms with Crippen LogP contribution in [0.3, 0.4) is 0 Å². The molecule has 2 heterocycles. The van der Waals surface area contributed by atoms with Gasteiger partial charge in [-0.05, 0) is 91.7 Å². The molecule has 8 atom stereocenters. The molecule has 0 saturated carbocycles. The molecule has 22 nitrogen and oxygen atoms in total. The van der Waals surface area contributed by atoms with Gasteiger partial charge < -0.3 is 45.3 Å². The number of carbonyl (C=O) groups excluding carboxylic acids is 10. The number of amides is 9. The number of ketones is 2. The number of likely N-dealkylation sites (N-methyl/N-ethyl adjacent to an activating group) is 2. The van der Waals surface area contributed by atoms with Crippen LogP contribution in [-0.4, -0.2) is 145 Å². The maximum atomic E-state index is 14.4. The summed E-state index contributed by atoms with van der Waals surface area (Å²) in [5.41, 5.74) is 7.63. The molecule has 446 valence electrons. The first-order chi connectivity index (χ1) is 38.3. The van der Waals surface area contributed by atoms with Gasteiger partial charge in [0.25, 0.3) is 11.8 Å². The van der Waals surface area contributed by atoms with Crippen molar-refractivity contribution in [2.75, 3.05) is 46.2 Å². The number of nitrogens with two attached hydrogens (primary N) is 1. The molecule has 0 aliphatic carbocycles. The Hall–Kier alpha value is -6.94. The molecule has 81 heavy (non-hydrogen) atoms. The van der Waals surface area contributed by atoms with Gasteiger partial charge in [0.1, 0.15) is 24.1 Å². The van der Waals surface area contributed by atoms with Gasteiger partial charge in [0.15, 0.2) is 5.78 Å². The van der Waals surface area contributed by atoms with Crippen LogP contribution in [-0.2, 0) is 54.4 Å². The van der Waals surface area contributed by atoms with Crippen LogP contribution in [0.2, 0.25) is 0 Å². The van der Waals surface area contributed by atoms with Crippen LogP contribution in [0, 0.1) is 35.5 Å². The van der Waals surface area contributed by atoms with Crippen molar-refractivity contribution in [3.05, 3.63) is 59.7 Å². The van der Waals surface area contributed by atoms with Crippen LogP contribution in [0.4, 0.5) is 15.3 Å². The summed E-state index contributed by atoms with van der Waals surface area (Å²) >= 11 is 0. The van der Waals surface area contributed by atoms with Gasteiger partial charge in [-0.1, -0.05) is 86.1 Å². The number of carbonyl (C=O) groups is 10. The lowest BCUT2D eigenvalue weighted by Crippen LogP contribution is -2.53. The van der Waals surface area contributed by atoms with Crippen LogP contribution in [0.25, 0.3) is 0 Å². The largest absolute Gasteiger partial charge is 0.493 e. The minimum Gasteiger partial charge on any atom is -0.493 e. The lowest BCUT2D eigenvalue weighted by molar-refractivity contribution is -0.148. The van der Waals surface area contributed by atoms with Crippen LogP contribution in [0.1, 0.15) is 137 Å². The number of likely N-dealkylation sites (tertiary alicyclic amines) is 1. The first-order valence-electron chi connectivity index (χ1n) is 28.3. The van der Waals surface area contributed by atoms with E-state index in [4.69, 9.17) is 19.9 Å². The number of azo groups is 1. The van der Waals surface area contributed by atoms with Crippen LogP contribution in [0.5, 0.6) is 5.75 Å². The molecule has 2 aromatic rings. The van der Waals surface area contributed by atoms with Gasteiger partial charge in [0, 0.05) is 77.1 Å². The third-order valence-corrected chi connectivity index (χ3v) is 15.5. The number of urea groups is 1. The number of hydrogen-bond acceptors (Lipinski definition) is 14. The number of Topliss-reactive ketones (excluding diaryl/α,β-unsaturated/α-hetero) is 2.